The van der Waals surface area contributed by atoms with E-state index in [1.165, 1.54) is 4.90 Å². The van der Waals surface area contributed by atoms with E-state index in [2.05, 4.69) is 15.3 Å². The highest BCUT2D eigenvalue weighted by molar-refractivity contribution is 5.91. The lowest BCUT2D eigenvalue weighted by molar-refractivity contribution is 0.202. The maximum absolute atomic E-state index is 11.8. The molecule has 0 atom stereocenters. The fourth-order valence-electron chi connectivity index (χ4n) is 1.78. The van der Waals surface area contributed by atoms with Gasteiger partial charge in [-0.3, -0.25) is 0 Å². The maximum Gasteiger partial charge on any atom is 0.321 e. The number of fused-ring (bicyclic) bond motifs is 1. The van der Waals surface area contributed by atoms with Crippen molar-refractivity contribution in [3.05, 3.63) is 29.6 Å². The number of urea groups is 1. The molecule has 0 spiro atoms. The van der Waals surface area contributed by atoms with Crippen molar-refractivity contribution in [3.63, 3.8) is 0 Å². The number of aromatic nitrogens is 2. The summed E-state index contributed by atoms with van der Waals surface area (Å²) in [5.74, 6) is 0. The summed E-state index contributed by atoms with van der Waals surface area (Å²) in [7, 11) is 1.62. The van der Waals surface area contributed by atoms with Crippen molar-refractivity contribution in [2.45, 2.75) is 13.8 Å². The lowest BCUT2D eigenvalue weighted by Crippen LogP contribution is -2.33. The second kappa shape index (κ2) is 5.83. The maximum atomic E-state index is 11.8. The van der Waals surface area contributed by atoms with Crippen LogP contribution in [-0.2, 0) is 0 Å². The van der Waals surface area contributed by atoms with Gasteiger partial charge in [0.25, 0.3) is 0 Å². The minimum Gasteiger partial charge on any atom is -0.395 e. The van der Waals surface area contributed by atoms with Crippen LogP contribution in [0.3, 0.4) is 0 Å². The SMILES string of the molecule is Cc1nc2ccc(NC(=O)N(C)CCO)cc2nc1C. The van der Waals surface area contributed by atoms with Gasteiger partial charge in [0.15, 0.2) is 0 Å². The van der Waals surface area contributed by atoms with Crippen LogP contribution in [0.25, 0.3) is 11.0 Å². The van der Waals surface area contributed by atoms with E-state index in [0.717, 1.165) is 22.4 Å². The molecule has 6 nitrogen and oxygen atoms in total. The Morgan fingerprint density at radius 1 is 1.25 bits per heavy atom. The Bertz CT molecular complexity index is 642. The standard InChI is InChI=1S/C14H18N4O2/c1-9-10(2)16-13-8-11(4-5-12(13)15-9)17-14(20)18(3)6-7-19/h4-5,8,19H,6-7H2,1-3H3,(H,17,20). The summed E-state index contributed by atoms with van der Waals surface area (Å²) in [4.78, 5) is 22.1. The number of nitrogens with zero attached hydrogens (tertiary/aromatic N) is 3. The number of aliphatic hydroxyl groups is 1. The minimum atomic E-state index is -0.268. The Labute approximate surface area is 117 Å². The molecule has 6 heteroatoms. The molecule has 20 heavy (non-hydrogen) atoms. The van der Waals surface area contributed by atoms with Crippen molar-refractivity contribution in [1.29, 1.82) is 0 Å². The first-order valence-electron chi connectivity index (χ1n) is 6.39. The highest BCUT2D eigenvalue weighted by Gasteiger charge is 2.09. The smallest absolute Gasteiger partial charge is 0.321 e. The molecule has 2 N–H and O–H groups in total. The van der Waals surface area contributed by atoms with Crippen molar-refractivity contribution in [3.8, 4) is 0 Å². The number of rotatable bonds is 3. The van der Waals surface area contributed by atoms with Crippen LogP contribution in [-0.4, -0.2) is 46.2 Å². The third kappa shape index (κ3) is 3.03. The summed E-state index contributed by atoms with van der Waals surface area (Å²) in [5, 5.41) is 11.6. The van der Waals surface area contributed by atoms with E-state index < -0.39 is 0 Å². The Kier molecular flexibility index (Phi) is 4.14. The van der Waals surface area contributed by atoms with E-state index in [9.17, 15) is 4.79 Å². The molecule has 1 aromatic carbocycles. The second-order valence-electron chi connectivity index (χ2n) is 4.67. The molecule has 0 radical (unpaired) electrons. The summed E-state index contributed by atoms with van der Waals surface area (Å²) >= 11 is 0. The molecule has 1 aromatic heterocycles. The topological polar surface area (TPSA) is 78.4 Å². The minimum absolute atomic E-state index is 0.0639. The monoisotopic (exact) mass is 274 g/mol. The average molecular weight is 274 g/mol. The molecule has 1 heterocycles. The number of hydrogen-bond donors (Lipinski definition) is 2. The van der Waals surface area contributed by atoms with Gasteiger partial charge in [0.2, 0.25) is 0 Å². The molecule has 106 valence electrons. The summed E-state index contributed by atoms with van der Waals surface area (Å²) in [6.45, 7) is 4.05. The normalized spacial score (nSPS) is 10.6. The third-order valence-corrected chi connectivity index (χ3v) is 3.11. The van der Waals surface area contributed by atoms with Crippen LogP contribution >= 0.6 is 0 Å². The van der Waals surface area contributed by atoms with E-state index in [0.29, 0.717) is 5.69 Å². The zero-order chi connectivity index (χ0) is 14.7. The summed E-state index contributed by atoms with van der Waals surface area (Å²) in [5.41, 5.74) is 3.98. The number of anilines is 1. The van der Waals surface area contributed by atoms with Gasteiger partial charge in [-0.05, 0) is 32.0 Å². The van der Waals surface area contributed by atoms with Crippen LogP contribution in [0.2, 0.25) is 0 Å². The molecule has 0 aliphatic heterocycles. The first-order valence-corrected chi connectivity index (χ1v) is 6.39. The summed E-state index contributed by atoms with van der Waals surface area (Å²) in [6.07, 6.45) is 0. The summed E-state index contributed by atoms with van der Waals surface area (Å²) in [6, 6.07) is 5.14. The van der Waals surface area contributed by atoms with E-state index in [1.54, 1.807) is 19.2 Å². The van der Waals surface area contributed by atoms with Crippen molar-refractivity contribution in [1.82, 2.24) is 14.9 Å². The van der Waals surface area contributed by atoms with E-state index >= 15 is 0 Å². The predicted octanol–water partition coefficient (Wildman–Crippen LogP) is 1.70. The molecule has 2 rings (SSSR count). The van der Waals surface area contributed by atoms with Gasteiger partial charge >= 0.3 is 6.03 Å². The number of amides is 2. The largest absolute Gasteiger partial charge is 0.395 e. The van der Waals surface area contributed by atoms with E-state index in [1.807, 2.05) is 19.9 Å². The van der Waals surface area contributed by atoms with Gasteiger partial charge in [-0.15, -0.1) is 0 Å². The van der Waals surface area contributed by atoms with Crippen LogP contribution in [0.1, 0.15) is 11.4 Å². The molecule has 0 unspecified atom stereocenters. The predicted molar refractivity (Wildman–Crippen MR) is 77.7 cm³/mol. The number of hydrogen-bond acceptors (Lipinski definition) is 4. The second-order valence-corrected chi connectivity index (χ2v) is 4.67. The number of aliphatic hydroxyl groups excluding tert-OH is 1. The van der Waals surface area contributed by atoms with Gasteiger partial charge < -0.3 is 15.3 Å². The van der Waals surface area contributed by atoms with Crippen LogP contribution < -0.4 is 5.32 Å². The van der Waals surface area contributed by atoms with Gasteiger partial charge in [-0.25, -0.2) is 14.8 Å². The lowest BCUT2D eigenvalue weighted by atomic mass is 10.2. The molecule has 0 bridgehead atoms. The number of aryl methyl sites for hydroxylation is 2. The van der Waals surface area contributed by atoms with Gasteiger partial charge in [-0.2, -0.15) is 0 Å². The van der Waals surface area contributed by atoms with Crippen LogP contribution in [0.15, 0.2) is 18.2 Å². The molecular weight excluding hydrogens is 256 g/mol. The van der Waals surface area contributed by atoms with E-state index in [4.69, 9.17) is 5.11 Å². The Morgan fingerprint density at radius 3 is 2.55 bits per heavy atom. The van der Waals surface area contributed by atoms with Crippen molar-refractivity contribution in [2.24, 2.45) is 0 Å². The van der Waals surface area contributed by atoms with Gasteiger partial charge in [0.1, 0.15) is 0 Å². The quantitative estimate of drug-likeness (QED) is 0.893. The molecule has 0 saturated heterocycles. The fourth-order valence-corrected chi connectivity index (χ4v) is 1.78. The van der Waals surface area contributed by atoms with Crippen molar-refractivity contribution in [2.75, 3.05) is 25.5 Å². The van der Waals surface area contributed by atoms with Gasteiger partial charge in [0, 0.05) is 19.3 Å². The van der Waals surface area contributed by atoms with Crippen molar-refractivity contribution >= 4 is 22.8 Å². The fraction of sp³-hybridized carbons (Fsp3) is 0.357. The van der Waals surface area contributed by atoms with Gasteiger partial charge in [-0.1, -0.05) is 0 Å². The molecule has 0 fully saturated rings. The zero-order valence-electron chi connectivity index (χ0n) is 11.8. The molecule has 0 aliphatic rings. The van der Waals surface area contributed by atoms with E-state index in [-0.39, 0.29) is 19.2 Å². The Morgan fingerprint density at radius 2 is 1.90 bits per heavy atom. The number of carbonyl (C=O) groups is 1. The number of benzene rings is 1. The number of nitrogens with one attached hydrogen (secondary N) is 1. The zero-order valence-corrected chi connectivity index (χ0v) is 11.8. The molecule has 2 amide bonds. The Hall–Kier alpha value is -2.21. The van der Waals surface area contributed by atoms with Gasteiger partial charge in [0.05, 0.1) is 29.0 Å². The molecule has 0 aliphatic carbocycles. The highest BCUT2D eigenvalue weighted by Crippen LogP contribution is 2.17. The van der Waals surface area contributed by atoms with Crippen molar-refractivity contribution < 1.29 is 9.90 Å². The van der Waals surface area contributed by atoms with Crippen LogP contribution in [0.5, 0.6) is 0 Å². The highest BCUT2D eigenvalue weighted by atomic mass is 16.3. The number of carbonyl (C=O) groups excluding carboxylic acids is 1. The van der Waals surface area contributed by atoms with Crippen LogP contribution in [0.4, 0.5) is 10.5 Å². The average Bonchev–Trinajstić information content (AvgIpc) is 2.40. The molecule has 2 aromatic rings. The Balaban J connectivity index is 2.23. The van der Waals surface area contributed by atoms with Crippen LogP contribution in [0, 0.1) is 13.8 Å². The number of likely N-dealkylation sites (N-methyl/N-ethyl adjacent to an activating group) is 1. The molecule has 0 saturated carbocycles. The lowest BCUT2D eigenvalue weighted by Gasteiger charge is -2.16. The first-order chi connectivity index (χ1) is 9.51. The summed E-state index contributed by atoms with van der Waals surface area (Å²) < 4.78 is 0. The first kappa shape index (κ1) is 14.2. The molecular formula is C14H18N4O2. The third-order valence-electron chi connectivity index (χ3n) is 3.11.